The topological polar surface area (TPSA) is 61.2 Å². The molecule has 0 radical (unpaired) electrons. The molecule has 0 unspecified atom stereocenters. The Morgan fingerprint density at radius 2 is 1.80 bits per heavy atom. The Bertz CT molecular complexity index is 631. The molecule has 20 heavy (non-hydrogen) atoms. The van der Waals surface area contributed by atoms with Crippen molar-refractivity contribution in [1.29, 1.82) is 0 Å². The average Bonchev–Trinajstić information content (AvgIpc) is 2.49. The number of oxime groups is 1. The van der Waals surface area contributed by atoms with Crippen molar-refractivity contribution in [2.45, 2.75) is 0 Å². The fourth-order valence-corrected chi connectivity index (χ4v) is 1.58. The summed E-state index contributed by atoms with van der Waals surface area (Å²) >= 11 is 0. The van der Waals surface area contributed by atoms with Crippen LogP contribution in [-0.4, -0.2) is 23.3 Å². The van der Waals surface area contributed by atoms with Crippen LogP contribution >= 0.6 is 0 Å². The van der Waals surface area contributed by atoms with Gasteiger partial charge in [0.25, 0.3) is 0 Å². The van der Waals surface area contributed by atoms with Crippen LogP contribution in [0.15, 0.2) is 70.2 Å². The van der Waals surface area contributed by atoms with Crippen LogP contribution in [0.2, 0.25) is 0 Å². The van der Waals surface area contributed by atoms with Gasteiger partial charge in [0, 0.05) is 23.3 Å². The molecule has 5 heteroatoms. The summed E-state index contributed by atoms with van der Waals surface area (Å²) in [4.78, 5) is 0. The first-order chi connectivity index (χ1) is 9.79. The molecule has 0 fully saturated rings. The van der Waals surface area contributed by atoms with Gasteiger partial charge >= 0.3 is 0 Å². The molecule has 1 N–H and O–H groups in total. The first-order valence-corrected chi connectivity index (χ1v) is 6.09. The van der Waals surface area contributed by atoms with E-state index in [0.29, 0.717) is 5.71 Å². The standard InChI is InChI=1S/C15H14N4O/c1-19-9-7-13(8-10-19)11-16-18-15(12-17-20)14-5-3-2-4-6-14/h2-12H,1H3/p+1. The molecule has 0 spiro atoms. The molecule has 0 atom stereocenters. The van der Waals surface area contributed by atoms with Crippen molar-refractivity contribution in [2.75, 3.05) is 0 Å². The van der Waals surface area contributed by atoms with E-state index in [0.717, 1.165) is 11.1 Å². The Hall–Kier alpha value is -2.82. The van der Waals surface area contributed by atoms with Crippen molar-refractivity contribution in [1.82, 2.24) is 0 Å². The molecular weight excluding hydrogens is 252 g/mol. The van der Waals surface area contributed by atoms with Crippen molar-refractivity contribution < 1.29 is 9.77 Å². The van der Waals surface area contributed by atoms with Gasteiger partial charge in [0.05, 0.1) is 12.4 Å². The van der Waals surface area contributed by atoms with Crippen LogP contribution in [0.25, 0.3) is 0 Å². The maximum Gasteiger partial charge on any atom is 0.169 e. The lowest BCUT2D eigenvalue weighted by atomic mass is 10.1. The first kappa shape index (κ1) is 13.6. The predicted molar refractivity (Wildman–Crippen MR) is 78.5 cm³/mol. The highest BCUT2D eigenvalue weighted by Gasteiger charge is 1.99. The van der Waals surface area contributed by atoms with Crippen molar-refractivity contribution in [3.05, 3.63) is 66.0 Å². The summed E-state index contributed by atoms with van der Waals surface area (Å²) in [5.74, 6) is 0. The molecule has 100 valence electrons. The van der Waals surface area contributed by atoms with E-state index >= 15 is 0 Å². The number of aryl methyl sites for hydroxylation is 1. The lowest BCUT2D eigenvalue weighted by Gasteiger charge is -1.97. The van der Waals surface area contributed by atoms with E-state index < -0.39 is 0 Å². The predicted octanol–water partition coefficient (Wildman–Crippen LogP) is 1.79. The lowest BCUT2D eigenvalue weighted by Crippen LogP contribution is -2.25. The third kappa shape index (κ3) is 3.84. The minimum atomic E-state index is 0.492. The van der Waals surface area contributed by atoms with Crippen LogP contribution in [0.5, 0.6) is 0 Å². The summed E-state index contributed by atoms with van der Waals surface area (Å²) in [5, 5.41) is 19.8. The van der Waals surface area contributed by atoms with E-state index in [-0.39, 0.29) is 0 Å². The molecule has 1 aromatic carbocycles. The summed E-state index contributed by atoms with van der Waals surface area (Å²) in [5.41, 5.74) is 2.27. The van der Waals surface area contributed by atoms with E-state index in [1.807, 2.05) is 66.5 Å². The van der Waals surface area contributed by atoms with E-state index in [1.165, 1.54) is 6.21 Å². The van der Waals surface area contributed by atoms with Gasteiger partial charge in [0.2, 0.25) is 0 Å². The van der Waals surface area contributed by atoms with Gasteiger partial charge in [-0.25, -0.2) is 4.57 Å². The number of pyridine rings is 1. The van der Waals surface area contributed by atoms with Gasteiger partial charge in [0.1, 0.15) is 12.8 Å². The van der Waals surface area contributed by atoms with Crippen LogP contribution in [0, 0.1) is 0 Å². The van der Waals surface area contributed by atoms with Crippen LogP contribution in [0.1, 0.15) is 11.1 Å². The molecule has 0 aliphatic heterocycles. The fourth-order valence-electron chi connectivity index (χ4n) is 1.58. The number of benzene rings is 1. The molecule has 0 saturated carbocycles. The number of aromatic nitrogens is 1. The molecule has 0 aliphatic carbocycles. The second-order valence-electron chi connectivity index (χ2n) is 4.14. The summed E-state index contributed by atoms with van der Waals surface area (Å²) < 4.78 is 1.94. The Balaban J connectivity index is 2.20. The van der Waals surface area contributed by atoms with Crippen LogP contribution < -0.4 is 4.57 Å². The monoisotopic (exact) mass is 267 g/mol. The summed E-state index contributed by atoms with van der Waals surface area (Å²) in [6.07, 6.45) is 6.77. The maximum absolute atomic E-state index is 8.68. The van der Waals surface area contributed by atoms with E-state index in [4.69, 9.17) is 5.21 Å². The van der Waals surface area contributed by atoms with Gasteiger partial charge < -0.3 is 5.21 Å². The normalized spacial score (nSPS) is 12.3. The largest absolute Gasteiger partial charge is 0.411 e. The first-order valence-electron chi connectivity index (χ1n) is 6.09. The molecule has 0 bridgehead atoms. The highest BCUT2D eigenvalue weighted by molar-refractivity contribution is 6.38. The molecular formula is C15H15N4O+. The Morgan fingerprint density at radius 3 is 2.45 bits per heavy atom. The van der Waals surface area contributed by atoms with E-state index in [9.17, 15) is 0 Å². The van der Waals surface area contributed by atoms with E-state index in [1.54, 1.807) is 6.21 Å². The average molecular weight is 267 g/mol. The molecule has 0 aliphatic rings. The van der Waals surface area contributed by atoms with Crippen molar-refractivity contribution in [3.8, 4) is 0 Å². The van der Waals surface area contributed by atoms with E-state index in [2.05, 4.69) is 15.4 Å². The van der Waals surface area contributed by atoms with Gasteiger partial charge in [-0.05, 0) is 0 Å². The maximum atomic E-state index is 8.68. The second kappa shape index (κ2) is 6.94. The minimum absolute atomic E-state index is 0.492. The third-order valence-corrected chi connectivity index (χ3v) is 2.63. The number of nitrogens with zero attached hydrogens (tertiary/aromatic N) is 4. The van der Waals surface area contributed by atoms with Gasteiger partial charge in [-0.15, -0.1) is 5.10 Å². The van der Waals surface area contributed by atoms with Crippen molar-refractivity contribution in [3.63, 3.8) is 0 Å². The number of hydrogen-bond donors (Lipinski definition) is 1. The highest BCUT2D eigenvalue weighted by atomic mass is 16.4. The van der Waals surface area contributed by atoms with Crippen LogP contribution in [-0.2, 0) is 7.05 Å². The van der Waals surface area contributed by atoms with Crippen LogP contribution in [0.3, 0.4) is 0 Å². The van der Waals surface area contributed by atoms with Gasteiger partial charge in [-0.2, -0.15) is 5.10 Å². The molecule has 2 aromatic rings. The quantitative estimate of drug-likeness (QED) is 0.390. The Kier molecular flexibility index (Phi) is 4.72. The zero-order valence-electron chi connectivity index (χ0n) is 11.1. The Morgan fingerprint density at radius 1 is 1.10 bits per heavy atom. The summed E-state index contributed by atoms with van der Waals surface area (Å²) in [7, 11) is 1.95. The SMILES string of the molecule is C[n+]1ccc(\C=N/N=C(\C=N\O)c2ccccc2)cc1. The van der Waals surface area contributed by atoms with Gasteiger partial charge in [-0.1, -0.05) is 35.5 Å². The third-order valence-electron chi connectivity index (χ3n) is 2.63. The lowest BCUT2D eigenvalue weighted by molar-refractivity contribution is -0.671. The molecule has 0 amide bonds. The van der Waals surface area contributed by atoms with Crippen molar-refractivity contribution >= 4 is 18.1 Å². The summed E-state index contributed by atoms with van der Waals surface area (Å²) in [6.45, 7) is 0. The Labute approximate surface area is 117 Å². The van der Waals surface area contributed by atoms with Gasteiger partial charge in [0.15, 0.2) is 12.4 Å². The van der Waals surface area contributed by atoms with Gasteiger partial charge in [-0.3, -0.25) is 0 Å². The van der Waals surface area contributed by atoms with Crippen LogP contribution in [0.4, 0.5) is 0 Å². The molecule has 1 aromatic heterocycles. The molecule has 2 rings (SSSR count). The highest BCUT2D eigenvalue weighted by Crippen LogP contribution is 2.00. The zero-order valence-corrected chi connectivity index (χ0v) is 11.1. The molecule has 0 saturated heterocycles. The number of hydrogen-bond acceptors (Lipinski definition) is 4. The second-order valence-corrected chi connectivity index (χ2v) is 4.14. The summed E-state index contributed by atoms with van der Waals surface area (Å²) in [6, 6.07) is 13.3. The smallest absolute Gasteiger partial charge is 0.169 e. The zero-order chi connectivity index (χ0) is 14.2. The molecule has 1 heterocycles. The minimum Gasteiger partial charge on any atom is -0.411 e. The molecule has 5 nitrogen and oxygen atoms in total. The number of rotatable bonds is 4. The fraction of sp³-hybridized carbons (Fsp3) is 0.0667. The van der Waals surface area contributed by atoms with Crippen molar-refractivity contribution in [2.24, 2.45) is 22.4 Å².